The van der Waals surface area contributed by atoms with Gasteiger partial charge in [0.05, 0.1) is 31.3 Å². The molecule has 0 aliphatic carbocycles. The summed E-state index contributed by atoms with van der Waals surface area (Å²) in [4.78, 5) is 32.6. The predicted molar refractivity (Wildman–Crippen MR) is 123 cm³/mol. The first-order valence-corrected chi connectivity index (χ1v) is 11.3. The summed E-state index contributed by atoms with van der Waals surface area (Å²) < 4.78 is 15.2. The molecule has 3 aromatic rings. The number of fused-ring (bicyclic) bond motifs is 2. The lowest BCUT2D eigenvalue weighted by molar-refractivity contribution is 0.0588. The fraction of sp³-hybridized carbons (Fsp3) is 0.400. The Morgan fingerprint density at radius 3 is 2.76 bits per heavy atom. The van der Waals surface area contributed by atoms with Gasteiger partial charge in [0.25, 0.3) is 11.5 Å². The zero-order valence-corrected chi connectivity index (χ0v) is 19.4. The van der Waals surface area contributed by atoms with Gasteiger partial charge in [-0.05, 0) is 52.0 Å². The number of benzene rings is 1. The molecule has 2 aliphatic rings. The van der Waals surface area contributed by atoms with Crippen LogP contribution in [-0.2, 0) is 19.5 Å². The van der Waals surface area contributed by atoms with Gasteiger partial charge in [0.2, 0.25) is 0 Å². The van der Waals surface area contributed by atoms with Gasteiger partial charge in [0.1, 0.15) is 22.9 Å². The van der Waals surface area contributed by atoms with Crippen molar-refractivity contribution < 1.29 is 14.3 Å². The summed E-state index contributed by atoms with van der Waals surface area (Å²) in [6.45, 7) is 9.31. The van der Waals surface area contributed by atoms with Gasteiger partial charge in [-0.2, -0.15) is 0 Å². The standard InChI is InChI=1S/C25H28N4O4/c1-15(2)33-22-8-5-18(23-19(22)9-10-32-23)13-28-17(4)12-29-21(25(28)31)7-6-20(24(29)30)27-11-16(3)26-14-27/h5-8,11,14-15,17H,9-10,12-13H2,1-4H3/t17-/m1/s1. The normalized spacial score (nSPS) is 17.2. The van der Waals surface area contributed by atoms with E-state index in [2.05, 4.69) is 4.98 Å². The van der Waals surface area contributed by atoms with Crippen molar-refractivity contribution in [3.8, 4) is 17.2 Å². The minimum Gasteiger partial charge on any atom is -0.492 e. The zero-order chi connectivity index (χ0) is 23.3. The predicted octanol–water partition coefficient (Wildman–Crippen LogP) is 3.11. The quantitative estimate of drug-likeness (QED) is 0.599. The van der Waals surface area contributed by atoms with Gasteiger partial charge < -0.3 is 23.5 Å². The van der Waals surface area contributed by atoms with Crippen LogP contribution < -0.4 is 15.0 Å². The van der Waals surface area contributed by atoms with Crippen LogP contribution >= 0.6 is 0 Å². The Bertz CT molecular complexity index is 1290. The zero-order valence-electron chi connectivity index (χ0n) is 19.4. The number of nitrogens with zero attached hydrogens (tertiary/aromatic N) is 4. The minimum atomic E-state index is -0.191. The third-order valence-corrected chi connectivity index (χ3v) is 6.20. The van der Waals surface area contributed by atoms with E-state index in [1.54, 1.807) is 33.8 Å². The molecular formula is C25H28N4O4. The summed E-state index contributed by atoms with van der Waals surface area (Å²) in [5.41, 5.74) is 3.54. The van der Waals surface area contributed by atoms with Crippen molar-refractivity contribution in [2.24, 2.45) is 0 Å². The topological polar surface area (TPSA) is 78.6 Å². The first-order chi connectivity index (χ1) is 15.8. The van der Waals surface area contributed by atoms with Gasteiger partial charge in [-0.15, -0.1) is 0 Å². The molecule has 172 valence electrons. The smallest absolute Gasteiger partial charge is 0.275 e. The Morgan fingerprint density at radius 1 is 1.21 bits per heavy atom. The summed E-state index contributed by atoms with van der Waals surface area (Å²) >= 11 is 0. The molecule has 0 bridgehead atoms. The van der Waals surface area contributed by atoms with Crippen LogP contribution in [0.4, 0.5) is 0 Å². The molecule has 5 rings (SSSR count). The van der Waals surface area contributed by atoms with Crippen molar-refractivity contribution in [1.82, 2.24) is 19.0 Å². The number of aryl methyl sites for hydroxylation is 1. The average Bonchev–Trinajstić information content (AvgIpc) is 3.42. The molecule has 0 fully saturated rings. The molecule has 0 unspecified atom stereocenters. The molecule has 0 saturated carbocycles. The highest BCUT2D eigenvalue weighted by molar-refractivity contribution is 5.93. The third-order valence-electron chi connectivity index (χ3n) is 6.20. The van der Waals surface area contributed by atoms with E-state index in [4.69, 9.17) is 9.47 Å². The van der Waals surface area contributed by atoms with Gasteiger partial charge in [0, 0.05) is 36.3 Å². The lowest BCUT2D eigenvalue weighted by Crippen LogP contribution is -2.49. The fourth-order valence-electron chi connectivity index (χ4n) is 4.62. The summed E-state index contributed by atoms with van der Waals surface area (Å²) in [7, 11) is 0. The molecule has 4 heterocycles. The highest BCUT2D eigenvalue weighted by Crippen LogP contribution is 2.38. The fourth-order valence-corrected chi connectivity index (χ4v) is 4.62. The van der Waals surface area contributed by atoms with E-state index < -0.39 is 0 Å². The molecule has 0 spiro atoms. The second-order valence-electron chi connectivity index (χ2n) is 9.02. The number of hydrogen-bond acceptors (Lipinski definition) is 5. The average molecular weight is 449 g/mol. The Morgan fingerprint density at radius 2 is 2.03 bits per heavy atom. The van der Waals surface area contributed by atoms with Crippen LogP contribution in [0.3, 0.4) is 0 Å². The van der Waals surface area contributed by atoms with E-state index in [0.717, 1.165) is 34.7 Å². The Hall–Kier alpha value is -3.55. The Balaban J connectivity index is 1.46. The monoisotopic (exact) mass is 448 g/mol. The van der Waals surface area contributed by atoms with E-state index in [0.29, 0.717) is 31.1 Å². The summed E-state index contributed by atoms with van der Waals surface area (Å²) in [5.74, 6) is 1.51. The molecule has 2 aliphatic heterocycles. The van der Waals surface area contributed by atoms with E-state index in [1.165, 1.54) is 0 Å². The first kappa shape index (κ1) is 21.3. The van der Waals surface area contributed by atoms with Crippen molar-refractivity contribution >= 4 is 5.91 Å². The summed E-state index contributed by atoms with van der Waals surface area (Å²) in [6.07, 6.45) is 4.29. The highest BCUT2D eigenvalue weighted by atomic mass is 16.5. The van der Waals surface area contributed by atoms with E-state index >= 15 is 0 Å². The van der Waals surface area contributed by atoms with Crippen molar-refractivity contribution in [2.75, 3.05) is 6.61 Å². The molecule has 1 atom stereocenters. The second-order valence-corrected chi connectivity index (χ2v) is 9.02. The maximum Gasteiger partial charge on any atom is 0.275 e. The maximum absolute atomic E-state index is 13.4. The van der Waals surface area contributed by atoms with E-state index in [-0.39, 0.29) is 23.6 Å². The molecule has 1 amide bonds. The van der Waals surface area contributed by atoms with Crippen LogP contribution in [0.15, 0.2) is 41.6 Å². The highest BCUT2D eigenvalue weighted by Gasteiger charge is 2.33. The third kappa shape index (κ3) is 3.69. The van der Waals surface area contributed by atoms with E-state index in [9.17, 15) is 9.59 Å². The molecule has 33 heavy (non-hydrogen) atoms. The van der Waals surface area contributed by atoms with Crippen molar-refractivity contribution in [2.45, 2.75) is 59.4 Å². The Labute approximate surface area is 192 Å². The van der Waals surface area contributed by atoms with Crippen molar-refractivity contribution in [1.29, 1.82) is 0 Å². The van der Waals surface area contributed by atoms with Crippen LogP contribution in [0.1, 0.15) is 48.1 Å². The first-order valence-electron chi connectivity index (χ1n) is 11.3. The number of amides is 1. The molecule has 0 saturated heterocycles. The van der Waals surface area contributed by atoms with Crippen LogP contribution in [0.25, 0.3) is 5.69 Å². The summed E-state index contributed by atoms with van der Waals surface area (Å²) in [5, 5.41) is 0. The van der Waals surface area contributed by atoms with Crippen LogP contribution in [0.2, 0.25) is 0 Å². The summed E-state index contributed by atoms with van der Waals surface area (Å²) in [6, 6.07) is 7.23. The SMILES string of the molecule is Cc1cn(-c2ccc3n(c2=O)C[C@@H](C)N(Cc2ccc(OC(C)C)c4c2OCC4)C3=O)cn1. The van der Waals surface area contributed by atoms with Crippen molar-refractivity contribution in [3.63, 3.8) is 0 Å². The van der Waals surface area contributed by atoms with Gasteiger partial charge in [-0.3, -0.25) is 9.59 Å². The maximum atomic E-state index is 13.4. The van der Waals surface area contributed by atoms with Crippen LogP contribution in [0.5, 0.6) is 11.5 Å². The van der Waals surface area contributed by atoms with Gasteiger partial charge in [0.15, 0.2) is 0 Å². The number of ether oxygens (including phenoxy) is 2. The number of aromatic nitrogens is 3. The molecule has 0 N–H and O–H groups in total. The number of carbonyl (C=O) groups excluding carboxylic acids is 1. The molecular weight excluding hydrogens is 420 g/mol. The molecule has 2 aromatic heterocycles. The van der Waals surface area contributed by atoms with Crippen LogP contribution in [-0.4, -0.2) is 43.7 Å². The Kier molecular flexibility index (Phi) is 5.23. The lowest BCUT2D eigenvalue weighted by Gasteiger charge is -2.36. The van der Waals surface area contributed by atoms with Gasteiger partial charge >= 0.3 is 0 Å². The number of hydrogen-bond donors (Lipinski definition) is 0. The van der Waals surface area contributed by atoms with Crippen molar-refractivity contribution in [3.05, 3.63) is 69.7 Å². The number of rotatable bonds is 5. The largest absolute Gasteiger partial charge is 0.492 e. The van der Waals surface area contributed by atoms with Gasteiger partial charge in [-0.1, -0.05) is 0 Å². The van der Waals surface area contributed by atoms with Crippen LogP contribution in [0, 0.1) is 6.92 Å². The second kappa shape index (κ2) is 8.10. The minimum absolute atomic E-state index is 0.0789. The number of carbonyl (C=O) groups is 1. The molecule has 8 nitrogen and oxygen atoms in total. The van der Waals surface area contributed by atoms with E-state index in [1.807, 2.05) is 44.7 Å². The van der Waals surface area contributed by atoms with Gasteiger partial charge in [-0.25, -0.2) is 4.98 Å². The molecule has 0 radical (unpaired) electrons. The molecule has 8 heteroatoms. The lowest BCUT2D eigenvalue weighted by atomic mass is 10.0. The molecule has 1 aromatic carbocycles. The number of pyridine rings is 1. The number of imidazole rings is 1.